The van der Waals surface area contributed by atoms with Crippen molar-refractivity contribution in [3.63, 3.8) is 0 Å². The average Bonchev–Trinajstić information content (AvgIpc) is 3.26. The van der Waals surface area contributed by atoms with Crippen LogP contribution in [0.1, 0.15) is 15.9 Å². The van der Waals surface area contributed by atoms with Crippen molar-refractivity contribution in [2.45, 2.75) is 10.1 Å². The fraction of sp³-hybridized carbons (Fsp3) is 0.200. The van der Waals surface area contributed by atoms with Gasteiger partial charge >= 0.3 is 0 Å². The number of thiazole rings is 1. The van der Waals surface area contributed by atoms with Crippen LogP contribution in [0.4, 0.5) is 10.1 Å². The molecule has 0 unspecified atom stereocenters. The first-order chi connectivity index (χ1) is 15.7. The van der Waals surface area contributed by atoms with E-state index in [-0.39, 0.29) is 11.7 Å². The number of piperazine rings is 1. The van der Waals surface area contributed by atoms with Crippen molar-refractivity contribution in [2.24, 2.45) is 0 Å². The fourth-order valence-electron chi connectivity index (χ4n) is 3.84. The molecule has 5 rings (SSSR count). The average molecular weight is 464 g/mol. The smallest absolute Gasteiger partial charge is 0.253 e. The van der Waals surface area contributed by atoms with E-state index in [9.17, 15) is 9.18 Å². The summed E-state index contributed by atoms with van der Waals surface area (Å²) in [5.74, 6) is 0.630. The van der Waals surface area contributed by atoms with E-state index in [0.717, 1.165) is 21.2 Å². The zero-order chi connectivity index (χ0) is 21.9. The third-order valence-corrected chi connectivity index (χ3v) is 7.85. The topological polar surface area (TPSA) is 36.4 Å². The van der Waals surface area contributed by atoms with Crippen molar-refractivity contribution < 1.29 is 9.18 Å². The van der Waals surface area contributed by atoms with Crippen LogP contribution in [0.5, 0.6) is 0 Å². The Kier molecular flexibility index (Phi) is 6.10. The summed E-state index contributed by atoms with van der Waals surface area (Å²) >= 11 is 3.42. The minimum absolute atomic E-state index is 0.0311. The second-order valence-electron chi connectivity index (χ2n) is 7.66. The highest BCUT2D eigenvalue weighted by molar-refractivity contribution is 8.00. The SMILES string of the molecule is O=C(c1ccc(CSc2nc3ccccc3s2)cc1)N1CCN(c2ccccc2F)CC1. The summed E-state index contributed by atoms with van der Waals surface area (Å²) in [4.78, 5) is 21.4. The summed E-state index contributed by atoms with van der Waals surface area (Å²) in [7, 11) is 0. The number of aromatic nitrogens is 1. The molecule has 1 amide bonds. The quantitative estimate of drug-likeness (QED) is 0.356. The lowest BCUT2D eigenvalue weighted by Gasteiger charge is -2.36. The van der Waals surface area contributed by atoms with E-state index >= 15 is 0 Å². The largest absolute Gasteiger partial charge is 0.366 e. The van der Waals surface area contributed by atoms with Gasteiger partial charge in [0.1, 0.15) is 5.82 Å². The van der Waals surface area contributed by atoms with Gasteiger partial charge in [0.05, 0.1) is 15.9 Å². The molecule has 1 saturated heterocycles. The zero-order valence-electron chi connectivity index (χ0n) is 17.4. The number of thioether (sulfide) groups is 1. The van der Waals surface area contributed by atoms with Crippen molar-refractivity contribution >= 4 is 44.9 Å². The molecule has 1 aromatic heterocycles. The van der Waals surface area contributed by atoms with Crippen LogP contribution >= 0.6 is 23.1 Å². The van der Waals surface area contributed by atoms with E-state index in [2.05, 4.69) is 11.1 Å². The van der Waals surface area contributed by atoms with Gasteiger partial charge in [-0.1, -0.05) is 48.2 Å². The summed E-state index contributed by atoms with van der Waals surface area (Å²) in [5.41, 5.74) is 3.50. The highest BCUT2D eigenvalue weighted by Gasteiger charge is 2.23. The van der Waals surface area contributed by atoms with Gasteiger partial charge in [-0.15, -0.1) is 11.3 Å². The molecule has 7 heteroatoms. The number of amides is 1. The van der Waals surface area contributed by atoms with Gasteiger partial charge in [0.15, 0.2) is 4.34 Å². The Morgan fingerprint density at radius 3 is 2.41 bits per heavy atom. The Balaban J connectivity index is 1.17. The Morgan fingerprint density at radius 2 is 1.66 bits per heavy atom. The summed E-state index contributed by atoms with van der Waals surface area (Å²) < 4.78 is 16.3. The number of anilines is 1. The Hall–Kier alpha value is -2.90. The summed E-state index contributed by atoms with van der Waals surface area (Å²) in [6, 6.07) is 22.8. The maximum absolute atomic E-state index is 14.0. The number of hydrogen-bond donors (Lipinski definition) is 0. The molecule has 2 heterocycles. The number of fused-ring (bicyclic) bond motifs is 1. The standard InChI is InChI=1S/C25H22FN3OS2/c26-20-5-1-3-7-22(20)28-13-15-29(16-14-28)24(30)19-11-9-18(10-12-19)17-31-25-27-21-6-2-4-8-23(21)32-25/h1-12H,13-17H2. The van der Waals surface area contributed by atoms with Gasteiger partial charge in [-0.3, -0.25) is 4.79 Å². The lowest BCUT2D eigenvalue weighted by Crippen LogP contribution is -2.49. The maximum atomic E-state index is 14.0. The van der Waals surface area contributed by atoms with Gasteiger partial charge in [-0.2, -0.15) is 0 Å². The molecule has 1 aliphatic rings. The molecule has 1 fully saturated rings. The normalized spacial score (nSPS) is 14.2. The fourth-order valence-corrected chi connectivity index (χ4v) is 5.87. The molecular formula is C25H22FN3OS2. The Morgan fingerprint density at radius 1 is 0.938 bits per heavy atom. The van der Waals surface area contributed by atoms with Gasteiger partial charge in [-0.25, -0.2) is 9.37 Å². The molecule has 0 N–H and O–H groups in total. The number of nitrogens with zero attached hydrogens (tertiary/aromatic N) is 3. The molecule has 0 atom stereocenters. The van der Waals surface area contributed by atoms with Crippen molar-refractivity contribution in [1.29, 1.82) is 0 Å². The van der Waals surface area contributed by atoms with Gasteiger partial charge in [0.25, 0.3) is 5.91 Å². The van der Waals surface area contributed by atoms with Crippen LogP contribution < -0.4 is 4.90 Å². The lowest BCUT2D eigenvalue weighted by atomic mass is 10.1. The van der Waals surface area contributed by atoms with Crippen molar-refractivity contribution in [3.8, 4) is 0 Å². The number of para-hydroxylation sites is 2. The number of rotatable bonds is 5. The van der Waals surface area contributed by atoms with E-state index in [1.165, 1.54) is 10.8 Å². The molecule has 162 valence electrons. The van der Waals surface area contributed by atoms with E-state index in [1.54, 1.807) is 35.2 Å². The molecule has 32 heavy (non-hydrogen) atoms. The van der Waals surface area contributed by atoms with Gasteiger partial charge in [0, 0.05) is 37.5 Å². The highest BCUT2D eigenvalue weighted by atomic mass is 32.2. The van der Waals surface area contributed by atoms with E-state index in [1.807, 2.05) is 58.3 Å². The lowest BCUT2D eigenvalue weighted by molar-refractivity contribution is 0.0746. The van der Waals surface area contributed by atoms with Gasteiger partial charge in [0.2, 0.25) is 0 Å². The number of halogens is 1. The maximum Gasteiger partial charge on any atom is 0.253 e. The van der Waals surface area contributed by atoms with Crippen LogP contribution in [0.2, 0.25) is 0 Å². The number of hydrogen-bond acceptors (Lipinski definition) is 5. The van der Waals surface area contributed by atoms with Crippen LogP contribution in [0.25, 0.3) is 10.2 Å². The summed E-state index contributed by atoms with van der Waals surface area (Å²) in [6.45, 7) is 2.43. The summed E-state index contributed by atoms with van der Waals surface area (Å²) in [6.07, 6.45) is 0. The molecule has 0 saturated carbocycles. The molecule has 0 radical (unpaired) electrons. The van der Waals surface area contributed by atoms with E-state index in [4.69, 9.17) is 0 Å². The number of carbonyl (C=O) groups excluding carboxylic acids is 1. The predicted molar refractivity (Wildman–Crippen MR) is 130 cm³/mol. The predicted octanol–water partition coefficient (Wildman–Crippen LogP) is 5.69. The molecule has 4 nitrogen and oxygen atoms in total. The first kappa shape index (κ1) is 21.0. The van der Waals surface area contributed by atoms with Crippen LogP contribution in [-0.4, -0.2) is 42.0 Å². The minimum atomic E-state index is -0.216. The van der Waals surface area contributed by atoms with Crippen LogP contribution in [0.15, 0.2) is 77.1 Å². The van der Waals surface area contributed by atoms with E-state index in [0.29, 0.717) is 37.4 Å². The molecule has 3 aromatic carbocycles. The van der Waals surface area contributed by atoms with Crippen LogP contribution in [0, 0.1) is 5.82 Å². The summed E-state index contributed by atoms with van der Waals surface area (Å²) in [5, 5.41) is 0. The molecule has 1 aliphatic heterocycles. The third-order valence-electron chi connectivity index (χ3n) is 5.60. The Bertz CT molecular complexity index is 1200. The van der Waals surface area contributed by atoms with Crippen molar-refractivity contribution in [2.75, 3.05) is 31.1 Å². The first-order valence-electron chi connectivity index (χ1n) is 10.5. The zero-order valence-corrected chi connectivity index (χ0v) is 19.0. The monoisotopic (exact) mass is 463 g/mol. The van der Waals surface area contributed by atoms with Crippen LogP contribution in [0.3, 0.4) is 0 Å². The van der Waals surface area contributed by atoms with Crippen molar-refractivity contribution in [1.82, 2.24) is 9.88 Å². The molecular weight excluding hydrogens is 441 g/mol. The third kappa shape index (κ3) is 4.49. The van der Waals surface area contributed by atoms with Crippen molar-refractivity contribution in [3.05, 3.63) is 89.7 Å². The van der Waals surface area contributed by atoms with Gasteiger partial charge in [-0.05, 0) is 42.0 Å². The second-order valence-corrected chi connectivity index (χ2v) is 9.92. The molecule has 0 spiro atoms. The highest BCUT2D eigenvalue weighted by Crippen LogP contribution is 2.31. The number of carbonyl (C=O) groups is 1. The van der Waals surface area contributed by atoms with Gasteiger partial charge < -0.3 is 9.80 Å². The van der Waals surface area contributed by atoms with E-state index < -0.39 is 0 Å². The Labute approximate surface area is 194 Å². The minimum Gasteiger partial charge on any atom is -0.366 e. The van der Waals surface area contributed by atoms with Crippen LogP contribution in [-0.2, 0) is 5.75 Å². The molecule has 0 bridgehead atoms. The first-order valence-corrected chi connectivity index (χ1v) is 12.3. The second kappa shape index (κ2) is 9.30. The molecule has 4 aromatic rings. The molecule has 0 aliphatic carbocycles. The number of benzene rings is 3.